The minimum Gasteiger partial charge on any atom is -0.435 e. The molecule has 0 aliphatic rings. The van der Waals surface area contributed by atoms with Gasteiger partial charge in [0.05, 0.1) is 5.69 Å². The second kappa shape index (κ2) is 9.12. The Morgan fingerprint density at radius 2 is 2.00 bits per heavy atom. The smallest absolute Gasteiger partial charge is 0.289 e. The minimum atomic E-state index is -0.268. The molecule has 0 aliphatic carbocycles. The lowest BCUT2D eigenvalue weighted by Gasteiger charge is -2.21. The second-order valence-electron chi connectivity index (χ2n) is 6.54. The number of amides is 1. The number of hydrogen-bond acceptors (Lipinski definition) is 6. The van der Waals surface area contributed by atoms with Gasteiger partial charge in [0.25, 0.3) is 5.91 Å². The van der Waals surface area contributed by atoms with Crippen LogP contribution in [-0.2, 0) is 19.4 Å². The van der Waals surface area contributed by atoms with Gasteiger partial charge in [0.1, 0.15) is 5.82 Å². The summed E-state index contributed by atoms with van der Waals surface area (Å²) in [5, 5.41) is 2.91. The average molecular weight is 379 g/mol. The molecule has 28 heavy (non-hydrogen) atoms. The summed E-state index contributed by atoms with van der Waals surface area (Å²) >= 11 is 0. The number of rotatable bonds is 8. The maximum Gasteiger partial charge on any atom is 0.289 e. The lowest BCUT2D eigenvalue weighted by atomic mass is 10.2. The van der Waals surface area contributed by atoms with Crippen molar-refractivity contribution in [2.45, 2.75) is 33.2 Å². The van der Waals surface area contributed by atoms with Gasteiger partial charge in [-0.05, 0) is 25.1 Å². The number of likely N-dealkylation sites (N-methyl/N-ethyl adjacent to an activating group) is 1. The van der Waals surface area contributed by atoms with Crippen LogP contribution in [0.4, 0.5) is 5.82 Å². The average Bonchev–Trinajstić information content (AvgIpc) is 3.12. The normalized spacial score (nSPS) is 10.7. The van der Waals surface area contributed by atoms with Crippen LogP contribution in [-0.4, -0.2) is 34.5 Å². The van der Waals surface area contributed by atoms with E-state index in [1.54, 1.807) is 19.3 Å². The number of anilines is 1. The molecule has 0 unspecified atom stereocenters. The standard InChI is InChI=1S/C21H25N5O2/c1-4-18-25-15(2)19(28-18)21(27)24-14-16-8-7-12-23-20(16)26(3)13-10-17-9-5-6-11-22-17/h5-9,11-12H,4,10,13-14H2,1-3H3,(H,24,27). The fraction of sp³-hybridized carbons (Fsp3) is 0.333. The predicted molar refractivity (Wildman–Crippen MR) is 107 cm³/mol. The number of aromatic nitrogens is 3. The molecule has 0 bridgehead atoms. The topological polar surface area (TPSA) is 84.2 Å². The van der Waals surface area contributed by atoms with Gasteiger partial charge in [0, 0.05) is 56.6 Å². The summed E-state index contributed by atoms with van der Waals surface area (Å²) in [5.74, 6) is 1.41. The number of pyridine rings is 2. The van der Waals surface area contributed by atoms with E-state index >= 15 is 0 Å². The number of oxazole rings is 1. The van der Waals surface area contributed by atoms with Crippen molar-refractivity contribution in [1.29, 1.82) is 0 Å². The van der Waals surface area contributed by atoms with Gasteiger partial charge >= 0.3 is 0 Å². The summed E-state index contributed by atoms with van der Waals surface area (Å²) in [6.07, 6.45) is 5.03. The lowest BCUT2D eigenvalue weighted by Crippen LogP contribution is -2.27. The highest BCUT2D eigenvalue weighted by atomic mass is 16.4. The van der Waals surface area contributed by atoms with Crippen LogP contribution in [0, 0.1) is 6.92 Å². The Balaban J connectivity index is 1.64. The van der Waals surface area contributed by atoms with Crippen LogP contribution in [0.5, 0.6) is 0 Å². The maximum atomic E-state index is 12.5. The van der Waals surface area contributed by atoms with Crippen molar-refractivity contribution in [2.75, 3.05) is 18.5 Å². The van der Waals surface area contributed by atoms with E-state index < -0.39 is 0 Å². The Labute approximate surface area is 164 Å². The third-order valence-electron chi connectivity index (χ3n) is 4.45. The molecule has 3 aromatic heterocycles. The van der Waals surface area contributed by atoms with Gasteiger partial charge in [-0.3, -0.25) is 9.78 Å². The SMILES string of the molecule is CCc1nc(C)c(C(=O)NCc2cccnc2N(C)CCc2ccccn2)o1. The molecule has 1 N–H and O–H groups in total. The Morgan fingerprint density at radius 3 is 2.71 bits per heavy atom. The lowest BCUT2D eigenvalue weighted by molar-refractivity contribution is 0.0920. The van der Waals surface area contributed by atoms with Gasteiger partial charge in [0.15, 0.2) is 5.89 Å². The van der Waals surface area contributed by atoms with E-state index in [4.69, 9.17) is 4.42 Å². The quantitative estimate of drug-likeness (QED) is 0.648. The van der Waals surface area contributed by atoms with Crippen molar-refractivity contribution >= 4 is 11.7 Å². The van der Waals surface area contributed by atoms with E-state index in [0.717, 1.165) is 30.0 Å². The molecular formula is C21H25N5O2. The molecular weight excluding hydrogens is 354 g/mol. The molecule has 0 saturated carbocycles. The van der Waals surface area contributed by atoms with Crippen molar-refractivity contribution in [3.63, 3.8) is 0 Å². The van der Waals surface area contributed by atoms with Gasteiger partial charge < -0.3 is 14.6 Å². The molecule has 0 fully saturated rings. The number of carbonyl (C=O) groups excluding carboxylic acids is 1. The van der Waals surface area contributed by atoms with Crippen molar-refractivity contribution < 1.29 is 9.21 Å². The van der Waals surface area contributed by atoms with Gasteiger partial charge in [-0.1, -0.05) is 19.1 Å². The van der Waals surface area contributed by atoms with Gasteiger partial charge in [-0.15, -0.1) is 0 Å². The van der Waals surface area contributed by atoms with E-state index in [9.17, 15) is 4.79 Å². The first kappa shape index (κ1) is 19.5. The fourth-order valence-electron chi connectivity index (χ4n) is 2.92. The van der Waals surface area contributed by atoms with Crippen LogP contribution in [0.3, 0.4) is 0 Å². The first-order valence-electron chi connectivity index (χ1n) is 9.38. The molecule has 3 heterocycles. The molecule has 1 amide bonds. The molecule has 0 aromatic carbocycles. The van der Waals surface area contributed by atoms with E-state index in [1.165, 1.54) is 0 Å². The van der Waals surface area contributed by atoms with Gasteiger partial charge in [0.2, 0.25) is 5.76 Å². The number of hydrogen-bond donors (Lipinski definition) is 1. The highest BCUT2D eigenvalue weighted by Crippen LogP contribution is 2.17. The van der Waals surface area contributed by atoms with Crippen LogP contribution in [0.15, 0.2) is 47.1 Å². The fourth-order valence-corrected chi connectivity index (χ4v) is 2.92. The third-order valence-corrected chi connectivity index (χ3v) is 4.45. The zero-order valence-corrected chi connectivity index (χ0v) is 16.5. The van der Waals surface area contributed by atoms with E-state index in [1.807, 2.05) is 44.3 Å². The first-order chi connectivity index (χ1) is 13.6. The van der Waals surface area contributed by atoms with Gasteiger partial charge in [-0.25, -0.2) is 9.97 Å². The van der Waals surface area contributed by atoms with Crippen LogP contribution in [0.25, 0.3) is 0 Å². The molecule has 7 nitrogen and oxygen atoms in total. The highest BCUT2D eigenvalue weighted by Gasteiger charge is 2.17. The largest absolute Gasteiger partial charge is 0.435 e. The Morgan fingerprint density at radius 1 is 1.18 bits per heavy atom. The van der Waals surface area contributed by atoms with Crippen molar-refractivity contribution in [3.8, 4) is 0 Å². The van der Waals surface area contributed by atoms with Crippen molar-refractivity contribution in [3.05, 3.63) is 71.3 Å². The summed E-state index contributed by atoms with van der Waals surface area (Å²) in [6.45, 7) is 4.85. The molecule has 0 spiro atoms. The highest BCUT2D eigenvalue weighted by molar-refractivity contribution is 5.92. The molecule has 0 radical (unpaired) electrons. The van der Waals surface area contributed by atoms with Crippen molar-refractivity contribution in [1.82, 2.24) is 20.3 Å². The van der Waals surface area contributed by atoms with Crippen LogP contribution >= 0.6 is 0 Å². The summed E-state index contributed by atoms with van der Waals surface area (Å²) in [7, 11) is 1.99. The predicted octanol–water partition coefficient (Wildman–Crippen LogP) is 2.94. The Bertz CT molecular complexity index is 924. The second-order valence-corrected chi connectivity index (χ2v) is 6.54. The number of nitrogens with one attached hydrogen (secondary N) is 1. The maximum absolute atomic E-state index is 12.5. The van der Waals surface area contributed by atoms with Crippen LogP contribution in [0.1, 0.15) is 40.3 Å². The van der Waals surface area contributed by atoms with Gasteiger partial charge in [-0.2, -0.15) is 0 Å². The number of carbonyl (C=O) groups is 1. The van der Waals surface area contributed by atoms with Crippen LogP contribution < -0.4 is 10.2 Å². The van der Waals surface area contributed by atoms with E-state index in [2.05, 4.69) is 25.2 Å². The minimum absolute atomic E-state index is 0.268. The van der Waals surface area contributed by atoms with E-state index in [-0.39, 0.29) is 11.7 Å². The monoisotopic (exact) mass is 379 g/mol. The molecule has 0 aliphatic heterocycles. The van der Waals surface area contributed by atoms with E-state index in [0.29, 0.717) is 24.6 Å². The molecule has 3 rings (SSSR count). The first-order valence-corrected chi connectivity index (χ1v) is 9.38. The summed E-state index contributed by atoms with van der Waals surface area (Å²) in [6, 6.07) is 9.74. The number of aryl methyl sites for hydroxylation is 2. The summed E-state index contributed by atoms with van der Waals surface area (Å²) < 4.78 is 5.52. The molecule has 0 saturated heterocycles. The molecule has 3 aromatic rings. The molecule has 0 atom stereocenters. The van der Waals surface area contributed by atoms with Crippen LogP contribution in [0.2, 0.25) is 0 Å². The molecule has 7 heteroatoms. The summed E-state index contributed by atoms with van der Waals surface area (Å²) in [4.78, 5) is 27.6. The zero-order valence-electron chi connectivity index (χ0n) is 16.5. The Hall–Kier alpha value is -3.22. The molecule has 146 valence electrons. The summed E-state index contributed by atoms with van der Waals surface area (Å²) in [5.41, 5.74) is 2.58. The number of nitrogens with zero attached hydrogens (tertiary/aromatic N) is 4. The zero-order chi connectivity index (χ0) is 19.9. The van der Waals surface area contributed by atoms with Crippen molar-refractivity contribution in [2.24, 2.45) is 0 Å². The third kappa shape index (κ3) is 4.73. The Kier molecular flexibility index (Phi) is 6.37.